The molecule has 0 heterocycles. The molecule has 3 N–H and O–H groups in total. The standard InChI is InChI=1S/C18H20IN3O2/c1-2-11-20-18(24)13-3-7-15(8-4-13)21-12-17(23)22-16-9-5-14(19)6-10-16/h3-10,21H,2,11-12H2,1H3,(H,20,24)(H,22,23). The number of carbonyl (C=O) groups excluding carboxylic acids is 2. The van der Waals surface area contributed by atoms with Crippen molar-refractivity contribution >= 4 is 45.8 Å². The number of hydrogen-bond donors (Lipinski definition) is 3. The molecule has 2 rings (SSSR count). The minimum absolute atomic E-state index is 0.0835. The van der Waals surface area contributed by atoms with Gasteiger partial charge in [-0.1, -0.05) is 6.92 Å². The third-order valence-electron chi connectivity index (χ3n) is 3.26. The van der Waals surface area contributed by atoms with Gasteiger partial charge in [-0.3, -0.25) is 9.59 Å². The number of amides is 2. The van der Waals surface area contributed by atoms with Crippen molar-refractivity contribution in [3.63, 3.8) is 0 Å². The summed E-state index contributed by atoms with van der Waals surface area (Å²) in [6.07, 6.45) is 0.904. The Kier molecular flexibility index (Phi) is 7.05. The minimum atomic E-state index is -0.124. The van der Waals surface area contributed by atoms with Gasteiger partial charge in [0.1, 0.15) is 0 Å². The first-order chi connectivity index (χ1) is 11.6. The highest BCUT2D eigenvalue weighted by Crippen LogP contribution is 2.12. The van der Waals surface area contributed by atoms with Gasteiger partial charge in [0.25, 0.3) is 5.91 Å². The Balaban J connectivity index is 1.82. The molecule has 0 bridgehead atoms. The predicted molar refractivity (Wildman–Crippen MR) is 105 cm³/mol. The molecule has 0 aliphatic carbocycles. The van der Waals surface area contributed by atoms with Gasteiger partial charge in [0.15, 0.2) is 0 Å². The first kappa shape index (κ1) is 18.3. The smallest absolute Gasteiger partial charge is 0.251 e. The number of rotatable bonds is 7. The van der Waals surface area contributed by atoms with Crippen molar-refractivity contribution < 1.29 is 9.59 Å². The van der Waals surface area contributed by atoms with Crippen LogP contribution < -0.4 is 16.0 Å². The van der Waals surface area contributed by atoms with Crippen LogP contribution in [-0.4, -0.2) is 24.9 Å². The lowest BCUT2D eigenvalue weighted by atomic mass is 10.2. The number of halogens is 1. The quantitative estimate of drug-likeness (QED) is 0.581. The number of benzene rings is 2. The van der Waals surface area contributed by atoms with Crippen molar-refractivity contribution in [3.8, 4) is 0 Å². The fourth-order valence-electron chi connectivity index (χ4n) is 2.00. The van der Waals surface area contributed by atoms with Gasteiger partial charge in [0, 0.05) is 27.1 Å². The first-order valence-electron chi connectivity index (χ1n) is 7.76. The van der Waals surface area contributed by atoms with Gasteiger partial charge in [-0.2, -0.15) is 0 Å². The Labute approximate surface area is 155 Å². The molecule has 2 aromatic rings. The molecule has 0 saturated carbocycles. The zero-order valence-electron chi connectivity index (χ0n) is 13.4. The normalized spacial score (nSPS) is 10.1. The van der Waals surface area contributed by atoms with Crippen LogP contribution in [0.2, 0.25) is 0 Å². The average Bonchev–Trinajstić information content (AvgIpc) is 2.60. The number of carbonyl (C=O) groups is 2. The van der Waals surface area contributed by atoms with Crippen LogP contribution in [0.15, 0.2) is 48.5 Å². The SMILES string of the molecule is CCCNC(=O)c1ccc(NCC(=O)Nc2ccc(I)cc2)cc1. The van der Waals surface area contributed by atoms with Crippen molar-refractivity contribution in [3.05, 3.63) is 57.7 Å². The second-order valence-corrected chi connectivity index (χ2v) is 6.49. The van der Waals surface area contributed by atoms with Crippen LogP contribution in [0.4, 0.5) is 11.4 Å². The summed E-state index contributed by atoms with van der Waals surface area (Å²) < 4.78 is 1.12. The highest BCUT2D eigenvalue weighted by Gasteiger charge is 2.05. The molecule has 0 atom stereocenters. The molecule has 0 fully saturated rings. The van der Waals surface area contributed by atoms with E-state index in [4.69, 9.17) is 0 Å². The van der Waals surface area contributed by atoms with Crippen molar-refractivity contribution in [1.29, 1.82) is 0 Å². The van der Waals surface area contributed by atoms with E-state index < -0.39 is 0 Å². The maximum absolute atomic E-state index is 11.9. The van der Waals surface area contributed by atoms with Gasteiger partial charge >= 0.3 is 0 Å². The fourth-order valence-corrected chi connectivity index (χ4v) is 2.36. The van der Waals surface area contributed by atoms with Gasteiger partial charge in [0.05, 0.1) is 6.54 Å². The molecule has 126 valence electrons. The largest absolute Gasteiger partial charge is 0.376 e. The van der Waals surface area contributed by atoms with Crippen molar-refractivity contribution in [2.75, 3.05) is 23.7 Å². The zero-order valence-corrected chi connectivity index (χ0v) is 15.6. The second kappa shape index (κ2) is 9.27. The Bertz CT molecular complexity index is 684. The maximum Gasteiger partial charge on any atom is 0.251 e. The Hall–Kier alpha value is -2.09. The fraction of sp³-hybridized carbons (Fsp3) is 0.222. The monoisotopic (exact) mass is 437 g/mol. The zero-order chi connectivity index (χ0) is 17.4. The molecule has 2 aromatic carbocycles. The predicted octanol–water partition coefficient (Wildman–Crippen LogP) is 3.48. The molecule has 0 aliphatic heterocycles. The van der Waals surface area contributed by atoms with E-state index in [0.29, 0.717) is 12.1 Å². The topological polar surface area (TPSA) is 70.2 Å². The van der Waals surface area contributed by atoms with Gasteiger partial charge in [-0.25, -0.2) is 0 Å². The number of nitrogens with one attached hydrogen (secondary N) is 3. The molecule has 5 nitrogen and oxygen atoms in total. The summed E-state index contributed by atoms with van der Waals surface area (Å²) >= 11 is 2.22. The molecular weight excluding hydrogens is 417 g/mol. The number of hydrogen-bond acceptors (Lipinski definition) is 3. The maximum atomic E-state index is 11.9. The highest BCUT2D eigenvalue weighted by atomic mass is 127. The lowest BCUT2D eigenvalue weighted by Crippen LogP contribution is -2.24. The summed E-state index contributed by atoms with van der Waals surface area (Å²) in [6, 6.07) is 14.7. The lowest BCUT2D eigenvalue weighted by Gasteiger charge is -2.09. The van der Waals surface area contributed by atoms with Gasteiger partial charge in [0.2, 0.25) is 5.91 Å². The summed E-state index contributed by atoms with van der Waals surface area (Å²) in [5.41, 5.74) is 2.17. The summed E-state index contributed by atoms with van der Waals surface area (Å²) in [4.78, 5) is 23.7. The molecule has 6 heteroatoms. The molecule has 0 saturated heterocycles. The summed E-state index contributed by atoms with van der Waals surface area (Å²) in [7, 11) is 0. The molecule has 2 amide bonds. The van der Waals surface area contributed by atoms with Gasteiger partial charge in [-0.15, -0.1) is 0 Å². The van der Waals surface area contributed by atoms with Crippen molar-refractivity contribution in [2.45, 2.75) is 13.3 Å². The molecule has 0 spiro atoms. The van der Waals surface area contributed by atoms with E-state index in [9.17, 15) is 9.59 Å². The minimum Gasteiger partial charge on any atom is -0.376 e. The summed E-state index contributed by atoms with van der Waals surface area (Å²) in [5.74, 6) is -0.208. The molecule has 0 radical (unpaired) electrons. The molecule has 24 heavy (non-hydrogen) atoms. The lowest BCUT2D eigenvalue weighted by molar-refractivity contribution is -0.114. The van der Waals surface area contributed by atoms with Crippen LogP contribution >= 0.6 is 22.6 Å². The Morgan fingerprint density at radius 2 is 1.58 bits per heavy atom. The van der Waals surface area contributed by atoms with Crippen LogP contribution in [0.5, 0.6) is 0 Å². The van der Waals surface area contributed by atoms with Crippen LogP contribution in [-0.2, 0) is 4.79 Å². The van der Waals surface area contributed by atoms with E-state index in [-0.39, 0.29) is 18.4 Å². The molecular formula is C18H20IN3O2. The van der Waals surface area contributed by atoms with E-state index in [2.05, 4.69) is 38.5 Å². The van der Waals surface area contributed by atoms with Crippen molar-refractivity contribution in [1.82, 2.24) is 5.32 Å². The van der Waals surface area contributed by atoms with E-state index >= 15 is 0 Å². The molecule has 0 unspecified atom stereocenters. The van der Waals surface area contributed by atoms with E-state index in [0.717, 1.165) is 21.4 Å². The Morgan fingerprint density at radius 1 is 0.958 bits per heavy atom. The first-order valence-corrected chi connectivity index (χ1v) is 8.84. The number of anilines is 2. The average molecular weight is 437 g/mol. The Morgan fingerprint density at radius 3 is 2.21 bits per heavy atom. The summed E-state index contributed by atoms with van der Waals surface area (Å²) in [5, 5.41) is 8.69. The van der Waals surface area contributed by atoms with Crippen LogP contribution in [0.1, 0.15) is 23.7 Å². The van der Waals surface area contributed by atoms with Crippen LogP contribution in [0, 0.1) is 3.57 Å². The van der Waals surface area contributed by atoms with Crippen LogP contribution in [0.25, 0.3) is 0 Å². The molecule has 0 aliphatic rings. The van der Waals surface area contributed by atoms with Gasteiger partial charge < -0.3 is 16.0 Å². The van der Waals surface area contributed by atoms with Gasteiger partial charge in [-0.05, 0) is 77.5 Å². The second-order valence-electron chi connectivity index (χ2n) is 5.24. The van der Waals surface area contributed by atoms with Crippen molar-refractivity contribution in [2.24, 2.45) is 0 Å². The van der Waals surface area contributed by atoms with E-state index in [1.54, 1.807) is 24.3 Å². The van der Waals surface area contributed by atoms with E-state index in [1.807, 2.05) is 31.2 Å². The van der Waals surface area contributed by atoms with E-state index in [1.165, 1.54) is 0 Å². The molecule has 0 aromatic heterocycles. The summed E-state index contributed by atoms with van der Waals surface area (Å²) in [6.45, 7) is 2.83. The third kappa shape index (κ3) is 5.84. The van der Waals surface area contributed by atoms with Crippen LogP contribution in [0.3, 0.4) is 0 Å². The highest BCUT2D eigenvalue weighted by molar-refractivity contribution is 14.1. The third-order valence-corrected chi connectivity index (χ3v) is 3.98.